The highest BCUT2D eigenvalue weighted by Crippen LogP contribution is 2.10. The highest BCUT2D eigenvalue weighted by Gasteiger charge is 2.15. The van der Waals surface area contributed by atoms with Gasteiger partial charge in [-0.05, 0) is 31.5 Å². The quantitative estimate of drug-likeness (QED) is 0.738. The predicted octanol–water partition coefficient (Wildman–Crippen LogP) is 0.682. The minimum Gasteiger partial charge on any atom is -0.343 e. The zero-order valence-corrected chi connectivity index (χ0v) is 13.3. The van der Waals surface area contributed by atoms with Crippen molar-refractivity contribution in [3.05, 3.63) is 29.8 Å². The predicted molar refractivity (Wildman–Crippen MR) is 82.1 cm³/mol. The first-order valence-electron chi connectivity index (χ1n) is 7.01. The van der Waals surface area contributed by atoms with Crippen LogP contribution >= 0.6 is 0 Å². The molecule has 3 N–H and O–H groups in total. The van der Waals surface area contributed by atoms with E-state index >= 15 is 0 Å². The normalized spacial score (nSPS) is 11.4. The summed E-state index contributed by atoms with van der Waals surface area (Å²) < 4.78 is 26.6. The fourth-order valence-corrected chi connectivity index (χ4v) is 2.95. The summed E-state index contributed by atoms with van der Waals surface area (Å²) in [6.07, 6.45) is 0.155. The Kier molecular flexibility index (Phi) is 6.80. The molecule has 0 bridgehead atoms. The second-order valence-electron chi connectivity index (χ2n) is 4.56. The lowest BCUT2D eigenvalue weighted by Crippen LogP contribution is -2.34. The standard InChI is InChI=1S/C14H23N3O3S/c1-3-17(4-2)14(18)9-10-16-21(19,20)13-7-5-12(11-15)6-8-13/h5-8,16H,3-4,9-11,15H2,1-2H3. The summed E-state index contributed by atoms with van der Waals surface area (Å²) in [4.78, 5) is 13.6. The molecular weight excluding hydrogens is 290 g/mol. The molecule has 21 heavy (non-hydrogen) atoms. The smallest absolute Gasteiger partial charge is 0.240 e. The van der Waals surface area contributed by atoms with E-state index in [4.69, 9.17) is 5.73 Å². The molecule has 1 amide bonds. The summed E-state index contributed by atoms with van der Waals surface area (Å²) in [5.41, 5.74) is 6.34. The summed E-state index contributed by atoms with van der Waals surface area (Å²) in [5, 5.41) is 0. The number of hydrogen-bond donors (Lipinski definition) is 2. The van der Waals surface area contributed by atoms with Gasteiger partial charge < -0.3 is 10.6 Å². The van der Waals surface area contributed by atoms with Crippen LogP contribution in [-0.4, -0.2) is 38.9 Å². The van der Waals surface area contributed by atoms with E-state index in [-0.39, 0.29) is 23.8 Å². The maximum Gasteiger partial charge on any atom is 0.240 e. The Bertz CT molecular complexity index is 551. The highest BCUT2D eigenvalue weighted by molar-refractivity contribution is 7.89. The number of hydrogen-bond acceptors (Lipinski definition) is 4. The maximum atomic E-state index is 12.1. The van der Waals surface area contributed by atoms with Crippen molar-refractivity contribution in [1.29, 1.82) is 0 Å². The fraction of sp³-hybridized carbons (Fsp3) is 0.500. The van der Waals surface area contributed by atoms with Crippen LogP contribution in [0.1, 0.15) is 25.8 Å². The summed E-state index contributed by atoms with van der Waals surface area (Å²) in [7, 11) is -3.58. The van der Waals surface area contributed by atoms with Crippen LogP contribution in [0.4, 0.5) is 0 Å². The molecule has 6 nitrogen and oxygen atoms in total. The number of benzene rings is 1. The first-order valence-corrected chi connectivity index (χ1v) is 8.49. The summed E-state index contributed by atoms with van der Waals surface area (Å²) in [6, 6.07) is 6.37. The number of amides is 1. The van der Waals surface area contributed by atoms with Crippen LogP contribution in [0.2, 0.25) is 0 Å². The molecule has 0 heterocycles. The largest absolute Gasteiger partial charge is 0.343 e. The van der Waals surface area contributed by atoms with Gasteiger partial charge in [-0.1, -0.05) is 12.1 Å². The van der Waals surface area contributed by atoms with E-state index in [1.54, 1.807) is 17.0 Å². The number of sulfonamides is 1. The van der Waals surface area contributed by atoms with Gasteiger partial charge in [-0.25, -0.2) is 13.1 Å². The molecule has 1 aromatic carbocycles. The van der Waals surface area contributed by atoms with Crippen molar-refractivity contribution in [3.63, 3.8) is 0 Å². The highest BCUT2D eigenvalue weighted by atomic mass is 32.2. The van der Waals surface area contributed by atoms with E-state index in [2.05, 4.69) is 4.72 Å². The Morgan fingerprint density at radius 3 is 2.24 bits per heavy atom. The number of nitrogens with one attached hydrogen (secondary N) is 1. The van der Waals surface area contributed by atoms with E-state index in [0.29, 0.717) is 19.6 Å². The van der Waals surface area contributed by atoms with Crippen LogP contribution in [0.3, 0.4) is 0 Å². The second kappa shape index (κ2) is 8.11. The van der Waals surface area contributed by atoms with E-state index < -0.39 is 10.0 Å². The van der Waals surface area contributed by atoms with E-state index in [0.717, 1.165) is 5.56 Å². The van der Waals surface area contributed by atoms with E-state index in [1.165, 1.54) is 12.1 Å². The van der Waals surface area contributed by atoms with Crippen molar-refractivity contribution in [2.75, 3.05) is 19.6 Å². The van der Waals surface area contributed by atoms with Gasteiger partial charge in [0.15, 0.2) is 0 Å². The lowest BCUT2D eigenvalue weighted by molar-refractivity contribution is -0.130. The lowest BCUT2D eigenvalue weighted by atomic mass is 10.2. The Balaban J connectivity index is 2.58. The molecule has 0 saturated heterocycles. The molecule has 0 aliphatic heterocycles. The third-order valence-electron chi connectivity index (χ3n) is 3.22. The summed E-state index contributed by atoms with van der Waals surface area (Å²) in [6.45, 7) is 5.50. The van der Waals surface area contributed by atoms with Crippen LogP contribution in [0.15, 0.2) is 29.2 Å². The fourth-order valence-electron chi connectivity index (χ4n) is 1.91. The van der Waals surface area contributed by atoms with Crippen LogP contribution in [0, 0.1) is 0 Å². The van der Waals surface area contributed by atoms with Gasteiger partial charge >= 0.3 is 0 Å². The van der Waals surface area contributed by atoms with Crippen LogP contribution < -0.4 is 10.5 Å². The second-order valence-corrected chi connectivity index (χ2v) is 6.33. The Labute approximate surface area is 126 Å². The number of rotatable bonds is 8. The van der Waals surface area contributed by atoms with Crippen molar-refractivity contribution < 1.29 is 13.2 Å². The third-order valence-corrected chi connectivity index (χ3v) is 4.69. The molecule has 1 aromatic rings. The van der Waals surface area contributed by atoms with Gasteiger partial charge in [-0.15, -0.1) is 0 Å². The van der Waals surface area contributed by atoms with Gasteiger partial charge in [-0.3, -0.25) is 4.79 Å². The summed E-state index contributed by atoms with van der Waals surface area (Å²) in [5.74, 6) is -0.0545. The molecular formula is C14H23N3O3S. The molecule has 0 aromatic heterocycles. The van der Waals surface area contributed by atoms with Crippen molar-refractivity contribution >= 4 is 15.9 Å². The first kappa shape index (κ1) is 17.6. The van der Waals surface area contributed by atoms with Gasteiger partial charge in [0.2, 0.25) is 15.9 Å². The Morgan fingerprint density at radius 1 is 1.19 bits per heavy atom. The van der Waals surface area contributed by atoms with Crippen LogP contribution in [0.5, 0.6) is 0 Å². The molecule has 0 spiro atoms. The van der Waals surface area contributed by atoms with E-state index in [9.17, 15) is 13.2 Å². The van der Waals surface area contributed by atoms with Gasteiger partial charge in [0, 0.05) is 32.6 Å². The molecule has 0 fully saturated rings. The monoisotopic (exact) mass is 313 g/mol. The number of nitrogens with two attached hydrogens (primary N) is 1. The molecule has 0 aliphatic carbocycles. The van der Waals surface area contributed by atoms with Crippen molar-refractivity contribution in [2.24, 2.45) is 5.73 Å². The minimum atomic E-state index is -3.58. The molecule has 0 unspecified atom stereocenters. The molecule has 7 heteroatoms. The molecule has 118 valence electrons. The zero-order chi connectivity index (χ0) is 15.9. The van der Waals surface area contributed by atoms with Gasteiger partial charge in [0.1, 0.15) is 0 Å². The van der Waals surface area contributed by atoms with E-state index in [1.807, 2.05) is 13.8 Å². The van der Waals surface area contributed by atoms with Crippen LogP contribution in [0.25, 0.3) is 0 Å². The van der Waals surface area contributed by atoms with Crippen LogP contribution in [-0.2, 0) is 21.4 Å². The average Bonchev–Trinajstić information content (AvgIpc) is 2.48. The number of carbonyl (C=O) groups excluding carboxylic acids is 1. The minimum absolute atomic E-state index is 0.0545. The summed E-state index contributed by atoms with van der Waals surface area (Å²) >= 11 is 0. The Hall–Kier alpha value is -1.44. The molecule has 0 saturated carbocycles. The van der Waals surface area contributed by atoms with Crippen molar-refractivity contribution in [3.8, 4) is 0 Å². The molecule has 0 atom stereocenters. The maximum absolute atomic E-state index is 12.1. The van der Waals surface area contributed by atoms with Gasteiger partial charge in [0.05, 0.1) is 4.90 Å². The topological polar surface area (TPSA) is 92.5 Å². The molecule has 0 radical (unpaired) electrons. The molecule has 0 aliphatic rings. The third kappa shape index (κ3) is 5.11. The van der Waals surface area contributed by atoms with Crippen molar-refractivity contribution in [2.45, 2.75) is 31.7 Å². The zero-order valence-electron chi connectivity index (χ0n) is 12.5. The first-order chi connectivity index (χ1) is 9.94. The SMILES string of the molecule is CCN(CC)C(=O)CCNS(=O)(=O)c1ccc(CN)cc1. The lowest BCUT2D eigenvalue weighted by Gasteiger charge is -2.18. The van der Waals surface area contributed by atoms with Crippen molar-refractivity contribution in [1.82, 2.24) is 9.62 Å². The number of carbonyl (C=O) groups is 1. The average molecular weight is 313 g/mol. The number of nitrogens with zero attached hydrogens (tertiary/aromatic N) is 1. The van der Waals surface area contributed by atoms with Gasteiger partial charge in [-0.2, -0.15) is 0 Å². The van der Waals surface area contributed by atoms with Gasteiger partial charge in [0.25, 0.3) is 0 Å². The Morgan fingerprint density at radius 2 is 1.76 bits per heavy atom. The molecule has 1 rings (SSSR count).